The van der Waals surface area contributed by atoms with Gasteiger partial charge in [0.2, 0.25) is 0 Å². The number of aliphatic hydroxyl groups excluding tert-OH is 1. The number of hydrogen-bond donors (Lipinski definition) is 3. The molecule has 0 rings (SSSR count). The van der Waals surface area contributed by atoms with Crippen LogP contribution in [0.15, 0.2) is 0 Å². The van der Waals surface area contributed by atoms with E-state index < -0.39 is 97.5 Å². The van der Waals surface area contributed by atoms with Crippen LogP contribution in [0.3, 0.4) is 0 Å². The fourth-order valence-electron chi connectivity index (χ4n) is 12.4. The van der Waals surface area contributed by atoms with Crippen molar-refractivity contribution in [1.82, 2.24) is 0 Å². The highest BCUT2D eigenvalue weighted by molar-refractivity contribution is 7.47. The molecule has 0 fully saturated rings. The van der Waals surface area contributed by atoms with E-state index in [2.05, 4.69) is 48.5 Å². The van der Waals surface area contributed by atoms with E-state index in [-0.39, 0.29) is 25.7 Å². The van der Waals surface area contributed by atoms with Crippen molar-refractivity contribution in [2.45, 2.75) is 439 Å². The second kappa shape index (κ2) is 71.3. The third kappa shape index (κ3) is 71.7. The minimum Gasteiger partial charge on any atom is -0.462 e. The van der Waals surface area contributed by atoms with E-state index >= 15 is 0 Å². The first-order valence-corrected chi connectivity index (χ1v) is 44.9. The zero-order valence-corrected chi connectivity index (χ0v) is 67.5. The van der Waals surface area contributed by atoms with E-state index in [4.69, 9.17) is 37.0 Å². The Morgan fingerprint density at radius 1 is 0.290 bits per heavy atom. The van der Waals surface area contributed by atoms with Gasteiger partial charge < -0.3 is 33.8 Å². The lowest BCUT2D eigenvalue weighted by atomic mass is 9.99. The number of rotatable bonds is 79. The number of esters is 4. The van der Waals surface area contributed by atoms with Crippen molar-refractivity contribution in [2.24, 2.45) is 17.8 Å². The van der Waals surface area contributed by atoms with E-state index in [1.165, 1.54) is 231 Å². The number of carbonyl (C=O) groups is 4. The highest BCUT2D eigenvalue weighted by Gasteiger charge is 2.30. The maximum atomic E-state index is 13.1. The number of phosphoric acid groups is 2. The minimum atomic E-state index is -4.96. The van der Waals surface area contributed by atoms with E-state index in [1.54, 1.807) is 0 Å². The van der Waals surface area contributed by atoms with Crippen LogP contribution in [0.1, 0.15) is 421 Å². The van der Waals surface area contributed by atoms with Crippen molar-refractivity contribution in [1.29, 1.82) is 0 Å². The fourth-order valence-corrected chi connectivity index (χ4v) is 14.0. The lowest BCUT2D eigenvalue weighted by Crippen LogP contribution is -2.30. The number of unbranched alkanes of at least 4 members (excludes halogenated alkanes) is 45. The largest absolute Gasteiger partial charge is 0.472 e. The van der Waals surface area contributed by atoms with Crippen LogP contribution in [0.4, 0.5) is 0 Å². The molecule has 19 heteroatoms. The number of ether oxygens (including phenoxy) is 4. The Balaban J connectivity index is 5.25. The number of aliphatic hydroxyl groups is 1. The van der Waals surface area contributed by atoms with Crippen molar-refractivity contribution in [3.63, 3.8) is 0 Å². The number of hydrogen-bond acceptors (Lipinski definition) is 15. The van der Waals surface area contributed by atoms with E-state index in [9.17, 15) is 43.2 Å². The van der Waals surface area contributed by atoms with Gasteiger partial charge in [0.05, 0.1) is 26.4 Å². The van der Waals surface area contributed by atoms with Crippen LogP contribution in [0, 0.1) is 17.8 Å². The van der Waals surface area contributed by atoms with Gasteiger partial charge in [-0.3, -0.25) is 37.3 Å². The van der Waals surface area contributed by atoms with E-state index in [1.807, 2.05) is 0 Å². The summed E-state index contributed by atoms with van der Waals surface area (Å²) in [5.41, 5.74) is 0. The molecular formula is C81H158O17P2. The fraction of sp³-hybridized carbons (Fsp3) is 0.951. The molecule has 100 heavy (non-hydrogen) atoms. The molecule has 0 bridgehead atoms. The molecule has 0 aliphatic heterocycles. The highest BCUT2D eigenvalue weighted by Crippen LogP contribution is 2.45. The van der Waals surface area contributed by atoms with Gasteiger partial charge in [-0.1, -0.05) is 370 Å². The summed E-state index contributed by atoms with van der Waals surface area (Å²) >= 11 is 0. The van der Waals surface area contributed by atoms with Gasteiger partial charge in [-0.2, -0.15) is 0 Å². The lowest BCUT2D eigenvalue weighted by Gasteiger charge is -2.21. The average molecular weight is 1470 g/mol. The van der Waals surface area contributed by atoms with Crippen LogP contribution in [-0.2, 0) is 65.4 Å². The molecule has 0 aliphatic carbocycles. The van der Waals surface area contributed by atoms with Gasteiger partial charge in [0.25, 0.3) is 0 Å². The smallest absolute Gasteiger partial charge is 0.462 e. The van der Waals surface area contributed by atoms with E-state index in [0.717, 1.165) is 108 Å². The molecule has 0 saturated heterocycles. The van der Waals surface area contributed by atoms with Crippen molar-refractivity contribution < 1.29 is 80.2 Å². The zero-order chi connectivity index (χ0) is 73.7. The molecule has 594 valence electrons. The molecule has 0 radical (unpaired) electrons. The van der Waals surface area contributed by atoms with Crippen LogP contribution in [0.25, 0.3) is 0 Å². The Hall–Kier alpha value is -1.94. The second-order valence-corrected chi connectivity index (χ2v) is 33.0. The van der Waals surface area contributed by atoms with Gasteiger partial charge in [-0.05, 0) is 43.4 Å². The van der Waals surface area contributed by atoms with Crippen LogP contribution in [0.2, 0.25) is 0 Å². The molecule has 0 amide bonds. The SMILES string of the molecule is CCCCCCCCCCCCCCCC(=O)O[C@H](COC(=O)CCCCCCCCCCC(C)C)COP(=O)(O)OC[C@H](O)COP(=O)(O)OC[C@@H](COC(=O)CCCCCCCCCCCCCCCCC(C)CC)OC(=O)CCCCCCCCCCCCCCCCC(C)CC. The first-order chi connectivity index (χ1) is 48.3. The molecule has 4 unspecified atom stereocenters. The summed E-state index contributed by atoms with van der Waals surface area (Å²) in [5, 5.41) is 10.6. The Morgan fingerprint density at radius 3 is 0.760 bits per heavy atom. The van der Waals surface area contributed by atoms with Crippen LogP contribution in [0.5, 0.6) is 0 Å². The molecule has 17 nitrogen and oxygen atoms in total. The summed E-state index contributed by atoms with van der Waals surface area (Å²) in [6, 6.07) is 0. The number of phosphoric ester groups is 2. The zero-order valence-electron chi connectivity index (χ0n) is 65.7. The first kappa shape index (κ1) is 98.1. The molecule has 3 N–H and O–H groups in total. The van der Waals surface area contributed by atoms with Gasteiger partial charge in [-0.25, -0.2) is 9.13 Å². The maximum Gasteiger partial charge on any atom is 0.472 e. The monoisotopic (exact) mass is 1470 g/mol. The van der Waals surface area contributed by atoms with E-state index in [0.29, 0.717) is 25.7 Å². The van der Waals surface area contributed by atoms with Gasteiger partial charge in [-0.15, -0.1) is 0 Å². The Kier molecular flexibility index (Phi) is 69.9. The lowest BCUT2D eigenvalue weighted by molar-refractivity contribution is -0.161. The molecule has 0 aromatic heterocycles. The molecule has 7 atom stereocenters. The van der Waals surface area contributed by atoms with Gasteiger partial charge in [0, 0.05) is 25.7 Å². The second-order valence-electron chi connectivity index (χ2n) is 30.1. The van der Waals surface area contributed by atoms with Crippen molar-refractivity contribution >= 4 is 39.5 Å². The average Bonchev–Trinajstić information content (AvgIpc) is 0.962. The molecule has 0 aromatic carbocycles. The summed E-state index contributed by atoms with van der Waals surface area (Å²) in [4.78, 5) is 73.0. The predicted molar refractivity (Wildman–Crippen MR) is 409 cm³/mol. The van der Waals surface area contributed by atoms with Crippen molar-refractivity contribution in [3.8, 4) is 0 Å². The van der Waals surface area contributed by atoms with Crippen LogP contribution < -0.4 is 0 Å². The summed E-state index contributed by atoms with van der Waals surface area (Å²) < 4.78 is 68.7. The van der Waals surface area contributed by atoms with Gasteiger partial charge in [0.1, 0.15) is 19.3 Å². The van der Waals surface area contributed by atoms with Crippen LogP contribution in [-0.4, -0.2) is 96.7 Å². The van der Waals surface area contributed by atoms with Gasteiger partial charge in [0.15, 0.2) is 12.2 Å². The highest BCUT2D eigenvalue weighted by atomic mass is 31.2. The molecule has 0 heterocycles. The normalized spacial score (nSPS) is 14.5. The standard InChI is InChI=1S/C81H158O17P2/c1-8-11-12-13-14-15-16-21-29-34-43-50-57-64-80(85)98-77(69-92-79(84)63-56-49-42-37-36-38-45-52-59-72(4)5)71-96-100(89,90)94-67-75(82)66-93-99(87,88)95-70-76(97-81(86)65-58-51-44-35-30-25-20-18-23-27-32-40-47-54-61-74(7)10-3)68-91-78(83)62-55-48-41-33-28-24-19-17-22-26-31-39-46-53-60-73(6)9-2/h72-77,82H,8-71H2,1-7H3,(H,87,88)(H,89,90)/t73?,74?,75-,76-,77-/m1/s1. The Morgan fingerprint density at radius 2 is 0.510 bits per heavy atom. The maximum absolute atomic E-state index is 13.1. The van der Waals surface area contributed by atoms with Crippen molar-refractivity contribution in [2.75, 3.05) is 39.6 Å². The summed E-state index contributed by atoms with van der Waals surface area (Å²) in [7, 11) is -9.92. The Labute approximate surface area is 613 Å². The molecule has 0 spiro atoms. The first-order valence-electron chi connectivity index (χ1n) is 41.9. The summed E-state index contributed by atoms with van der Waals surface area (Å²) in [6.45, 7) is 12.0. The molecule has 0 saturated carbocycles. The Bertz CT molecular complexity index is 1940. The van der Waals surface area contributed by atoms with Crippen molar-refractivity contribution in [3.05, 3.63) is 0 Å². The quantitative estimate of drug-likeness (QED) is 0.0222. The third-order valence-electron chi connectivity index (χ3n) is 19.6. The molecule has 0 aromatic rings. The molecule has 0 aliphatic rings. The third-order valence-corrected chi connectivity index (χ3v) is 21.5. The summed E-state index contributed by atoms with van der Waals surface area (Å²) in [6.07, 6.45) is 59.5. The topological polar surface area (TPSA) is 237 Å². The summed E-state index contributed by atoms with van der Waals surface area (Å²) in [5.74, 6) is 0.312. The predicted octanol–water partition coefficient (Wildman–Crippen LogP) is 24.1. The minimum absolute atomic E-state index is 0.107. The van der Waals surface area contributed by atoms with Crippen LogP contribution >= 0.6 is 15.6 Å². The number of carbonyl (C=O) groups excluding carboxylic acids is 4. The molecular weight excluding hydrogens is 1310 g/mol. The van der Waals surface area contributed by atoms with Gasteiger partial charge >= 0.3 is 39.5 Å².